The minimum Gasteiger partial charge on any atom is -0.444 e. The summed E-state index contributed by atoms with van der Waals surface area (Å²) in [5, 5.41) is 23.8. The number of nitrogens with one attached hydrogen (secondary N) is 1. The van der Waals surface area contributed by atoms with Crippen molar-refractivity contribution in [1.82, 2.24) is 48.9 Å². The molecule has 0 saturated heterocycles. The van der Waals surface area contributed by atoms with E-state index in [1.807, 2.05) is 101 Å². The molecule has 9 aromatic rings. The molecule has 0 amide bonds. The number of tetrazole rings is 1. The average Bonchev–Trinajstić information content (AvgIpc) is 4.19. The van der Waals surface area contributed by atoms with E-state index < -0.39 is 34.7 Å². The van der Waals surface area contributed by atoms with Crippen LogP contribution in [0.15, 0.2) is 114 Å². The zero-order chi connectivity index (χ0) is 47.4. The van der Waals surface area contributed by atoms with Crippen LogP contribution in [0.4, 0.5) is 0 Å². The van der Waals surface area contributed by atoms with Gasteiger partial charge < -0.3 is 18.3 Å². The minimum atomic E-state index is -0.544. The molecular weight excluding hydrogens is 911 g/mol. The molecule has 68 heavy (non-hydrogen) atoms. The highest BCUT2D eigenvalue weighted by molar-refractivity contribution is 7.22. The number of aryl methyl sites for hydroxylation is 2. The smallest absolute Gasteiger partial charge is 0.333 e. The number of fused-ring (bicyclic) bond motifs is 2. The van der Waals surface area contributed by atoms with Crippen LogP contribution in [-0.2, 0) is 35.7 Å². The quantitative estimate of drug-likeness (QED) is 0.105. The SMILES string of the molecule is C.Cc1c(-c2ncco2)sc2c1c(=O)n(CC#N)c(=O)n2C[C@H](OC(C)C)c1ccccc1.Cc1c(-c2ncco2)sc2c1c(=O)n(Cc1nn[nH]n1)c(=O)n2C[C@H](OC(C)C)c1ccccc1. The molecule has 0 bridgehead atoms. The molecule has 352 valence electrons. The molecule has 1 N–H and O–H groups in total. The normalized spacial score (nSPS) is 12.3. The number of oxazole rings is 2. The summed E-state index contributed by atoms with van der Waals surface area (Å²) in [6, 6.07) is 21.3. The van der Waals surface area contributed by atoms with Crippen LogP contribution in [0.3, 0.4) is 0 Å². The standard InChI is InChI=1S/C23H23N7O4S.C23H22N4O4S.CH4/c1-13(2)34-16(15-7-5-4-6-8-15)11-30-22-18(14(3)19(35-22)20-24-9-10-33-20)21(31)29(23(30)32)12-17-25-27-28-26-17;1-14(2)31-17(16-7-5-4-6-8-16)13-27-22-18(21(28)26(11-9-24)23(27)29)15(3)19(32-22)20-25-10-12-30-20;/h4-10,13,16H,11-12H2,1-3H3,(H,25,26,27,28);4-8,10,12,14,17H,11,13H2,1-3H3;1H4/t16-;17-;/m00./s1. The first-order valence-electron chi connectivity index (χ1n) is 21.2. The van der Waals surface area contributed by atoms with Gasteiger partial charge in [0.2, 0.25) is 11.8 Å². The van der Waals surface area contributed by atoms with Gasteiger partial charge in [0.05, 0.1) is 70.8 Å². The summed E-state index contributed by atoms with van der Waals surface area (Å²) in [4.78, 5) is 64.6. The summed E-state index contributed by atoms with van der Waals surface area (Å²) in [6.07, 6.45) is 5.02. The van der Waals surface area contributed by atoms with Crippen molar-refractivity contribution in [2.75, 3.05) is 0 Å². The molecule has 0 aliphatic rings. The molecule has 0 radical (unpaired) electrons. The Balaban J connectivity index is 0.000000199. The van der Waals surface area contributed by atoms with Crippen molar-refractivity contribution in [3.63, 3.8) is 0 Å². The Labute approximate surface area is 396 Å². The first kappa shape index (κ1) is 48.6. The van der Waals surface area contributed by atoms with Crippen LogP contribution in [0.2, 0.25) is 0 Å². The largest absolute Gasteiger partial charge is 0.444 e. The van der Waals surface area contributed by atoms with Gasteiger partial charge in [-0.2, -0.15) is 10.5 Å². The fraction of sp³-hybridized carbons (Fsp3) is 0.319. The number of H-pyrrole nitrogens is 1. The molecule has 2 atom stereocenters. The van der Waals surface area contributed by atoms with Crippen LogP contribution in [0.25, 0.3) is 42.0 Å². The Morgan fingerprint density at radius 1 is 0.691 bits per heavy atom. The van der Waals surface area contributed by atoms with Crippen molar-refractivity contribution in [3.05, 3.63) is 155 Å². The number of aromatic nitrogens is 10. The molecule has 7 heterocycles. The Morgan fingerprint density at radius 3 is 1.54 bits per heavy atom. The highest BCUT2D eigenvalue weighted by Gasteiger charge is 2.27. The maximum atomic E-state index is 13.7. The first-order valence-corrected chi connectivity index (χ1v) is 22.8. The number of hydrogen-bond donors (Lipinski definition) is 1. The van der Waals surface area contributed by atoms with Gasteiger partial charge in [-0.1, -0.05) is 73.3 Å². The van der Waals surface area contributed by atoms with Crippen LogP contribution in [0.1, 0.15) is 75.4 Å². The maximum Gasteiger partial charge on any atom is 0.333 e. The number of aromatic amines is 1. The topological polar surface area (TPSA) is 237 Å². The van der Waals surface area contributed by atoms with E-state index in [-0.39, 0.29) is 51.6 Å². The van der Waals surface area contributed by atoms with Crippen molar-refractivity contribution < 1.29 is 18.3 Å². The summed E-state index contributed by atoms with van der Waals surface area (Å²) < 4.78 is 28.5. The summed E-state index contributed by atoms with van der Waals surface area (Å²) in [5.74, 6) is 1.01. The van der Waals surface area contributed by atoms with Crippen molar-refractivity contribution in [2.24, 2.45) is 0 Å². The van der Waals surface area contributed by atoms with Crippen molar-refractivity contribution in [1.29, 1.82) is 5.26 Å². The van der Waals surface area contributed by atoms with E-state index in [4.69, 9.17) is 18.3 Å². The minimum absolute atomic E-state index is 0. The fourth-order valence-electron chi connectivity index (χ4n) is 7.71. The van der Waals surface area contributed by atoms with Crippen LogP contribution in [0.5, 0.6) is 0 Å². The van der Waals surface area contributed by atoms with Crippen molar-refractivity contribution in [2.45, 2.75) is 99.6 Å². The summed E-state index contributed by atoms with van der Waals surface area (Å²) in [6.45, 7) is 11.3. The molecule has 7 aromatic heterocycles. The monoisotopic (exact) mass is 959 g/mol. The molecule has 21 heteroatoms. The second-order valence-corrected chi connectivity index (χ2v) is 17.9. The van der Waals surface area contributed by atoms with Gasteiger partial charge in [0.15, 0.2) is 5.82 Å². The molecule has 0 saturated carbocycles. The molecule has 0 aliphatic heterocycles. The number of ether oxygens (including phenoxy) is 2. The van der Waals surface area contributed by atoms with Crippen LogP contribution >= 0.6 is 22.7 Å². The Hall–Kier alpha value is -7.38. The molecular formula is C47H49N11O8S2. The number of hydrogen-bond acceptors (Lipinski definition) is 16. The van der Waals surface area contributed by atoms with Crippen LogP contribution in [-0.4, -0.2) is 61.1 Å². The first-order chi connectivity index (χ1) is 32.4. The predicted octanol–water partition coefficient (Wildman–Crippen LogP) is 7.43. The van der Waals surface area contributed by atoms with E-state index in [0.29, 0.717) is 53.1 Å². The lowest BCUT2D eigenvalue weighted by atomic mass is 10.1. The zero-order valence-electron chi connectivity index (χ0n) is 37.3. The zero-order valence-corrected chi connectivity index (χ0v) is 38.9. The van der Waals surface area contributed by atoms with Gasteiger partial charge >= 0.3 is 11.4 Å². The molecule has 0 spiro atoms. The van der Waals surface area contributed by atoms with Crippen LogP contribution < -0.4 is 22.5 Å². The van der Waals surface area contributed by atoms with Gasteiger partial charge in [-0.25, -0.2) is 24.1 Å². The highest BCUT2D eigenvalue weighted by Crippen LogP contribution is 2.38. The summed E-state index contributed by atoms with van der Waals surface area (Å²) >= 11 is 2.57. The number of rotatable bonds is 15. The van der Waals surface area contributed by atoms with Gasteiger partial charge in [0, 0.05) is 0 Å². The summed E-state index contributed by atoms with van der Waals surface area (Å²) in [5.41, 5.74) is 1.25. The lowest BCUT2D eigenvalue weighted by molar-refractivity contribution is -0.00357. The van der Waals surface area contributed by atoms with E-state index in [0.717, 1.165) is 20.3 Å². The average molecular weight is 960 g/mol. The van der Waals surface area contributed by atoms with E-state index >= 15 is 0 Å². The van der Waals surface area contributed by atoms with Gasteiger partial charge in [0.1, 0.15) is 40.9 Å². The number of thiophene rings is 2. The second-order valence-electron chi connectivity index (χ2n) is 15.9. The van der Waals surface area contributed by atoms with Gasteiger partial charge in [0.25, 0.3) is 11.1 Å². The lowest BCUT2D eigenvalue weighted by Crippen LogP contribution is -2.41. The van der Waals surface area contributed by atoms with Gasteiger partial charge in [-0.05, 0) is 63.8 Å². The molecule has 19 nitrogen and oxygen atoms in total. The lowest BCUT2D eigenvalue weighted by Gasteiger charge is -2.22. The molecule has 0 unspecified atom stereocenters. The third-order valence-electron chi connectivity index (χ3n) is 10.7. The number of nitriles is 1. The fourth-order valence-corrected chi connectivity index (χ4v) is 10.2. The van der Waals surface area contributed by atoms with E-state index in [9.17, 15) is 24.4 Å². The van der Waals surface area contributed by atoms with Crippen molar-refractivity contribution >= 4 is 43.1 Å². The Morgan fingerprint density at radius 2 is 1.15 bits per heavy atom. The van der Waals surface area contributed by atoms with Crippen molar-refractivity contribution in [3.8, 4) is 27.6 Å². The van der Waals surface area contributed by atoms with Gasteiger partial charge in [-0.15, -0.1) is 32.9 Å². The summed E-state index contributed by atoms with van der Waals surface area (Å²) in [7, 11) is 0. The number of nitrogens with zero attached hydrogens (tertiary/aromatic N) is 10. The van der Waals surface area contributed by atoms with E-state index in [1.54, 1.807) is 17.7 Å². The molecule has 2 aromatic carbocycles. The number of benzene rings is 2. The molecule has 0 aliphatic carbocycles. The van der Waals surface area contributed by atoms with Crippen LogP contribution in [0, 0.1) is 25.2 Å². The molecule has 0 fully saturated rings. The van der Waals surface area contributed by atoms with E-state index in [1.165, 1.54) is 46.0 Å². The Bertz CT molecular complexity index is 3400. The second kappa shape index (κ2) is 21.1. The predicted molar refractivity (Wildman–Crippen MR) is 258 cm³/mol. The molecule has 9 rings (SSSR count). The third-order valence-corrected chi connectivity index (χ3v) is 13.3. The third kappa shape index (κ3) is 9.84. The van der Waals surface area contributed by atoms with Gasteiger partial charge in [-0.3, -0.25) is 23.3 Å². The Kier molecular flexibility index (Phi) is 15.0. The highest BCUT2D eigenvalue weighted by atomic mass is 32.1. The van der Waals surface area contributed by atoms with E-state index in [2.05, 4.69) is 30.6 Å². The maximum absolute atomic E-state index is 13.7.